The number of aromatic nitrogens is 3. The van der Waals surface area contributed by atoms with E-state index in [0.717, 1.165) is 5.65 Å². The quantitative estimate of drug-likeness (QED) is 0.751. The van der Waals surface area contributed by atoms with Crippen LogP contribution in [0.15, 0.2) is 12.4 Å². The van der Waals surface area contributed by atoms with Gasteiger partial charge in [-0.3, -0.25) is 5.10 Å². The first-order valence-corrected chi connectivity index (χ1v) is 5.14. The number of hydrogen-bond acceptors (Lipinski definition) is 2. The summed E-state index contributed by atoms with van der Waals surface area (Å²) in [6.07, 6.45) is 7.66. The van der Waals surface area contributed by atoms with Gasteiger partial charge >= 0.3 is 0 Å². The van der Waals surface area contributed by atoms with Gasteiger partial charge in [-0.1, -0.05) is 6.42 Å². The van der Waals surface area contributed by atoms with Crippen molar-refractivity contribution in [1.29, 1.82) is 0 Å². The van der Waals surface area contributed by atoms with Crippen LogP contribution in [-0.2, 0) is 6.54 Å². The van der Waals surface area contributed by atoms with Crippen molar-refractivity contribution >= 4 is 5.65 Å². The number of H-pyrrole nitrogens is 1. The minimum atomic E-state index is 0.579. The largest absolute Gasteiger partial charge is 0.326 e. The summed E-state index contributed by atoms with van der Waals surface area (Å²) < 4.78 is 1.97. The maximum atomic E-state index is 5.76. The van der Waals surface area contributed by atoms with Crippen molar-refractivity contribution in [3.8, 4) is 0 Å². The minimum absolute atomic E-state index is 0.579. The molecule has 1 fully saturated rings. The fraction of sp³-hybridized carbons (Fsp3) is 0.500. The first-order chi connectivity index (χ1) is 6.90. The van der Waals surface area contributed by atoms with Gasteiger partial charge in [0.2, 0.25) is 0 Å². The molecule has 14 heavy (non-hydrogen) atoms. The highest BCUT2D eigenvalue weighted by Gasteiger charge is 2.25. The van der Waals surface area contributed by atoms with Crippen molar-refractivity contribution in [3.63, 3.8) is 0 Å². The predicted octanol–water partition coefficient (Wildman–Crippen LogP) is 1.39. The molecule has 2 aromatic heterocycles. The van der Waals surface area contributed by atoms with E-state index in [-0.39, 0.29) is 0 Å². The van der Waals surface area contributed by atoms with Crippen molar-refractivity contribution in [2.24, 2.45) is 5.73 Å². The SMILES string of the molecule is NCc1c(C2CCC2)[nH]n2ccnc12. The second-order valence-corrected chi connectivity index (χ2v) is 3.96. The lowest BCUT2D eigenvalue weighted by atomic mass is 9.81. The molecule has 4 nitrogen and oxygen atoms in total. The zero-order chi connectivity index (χ0) is 9.54. The summed E-state index contributed by atoms with van der Waals surface area (Å²) in [6, 6.07) is 0. The van der Waals surface area contributed by atoms with Crippen molar-refractivity contribution in [2.75, 3.05) is 0 Å². The first kappa shape index (κ1) is 8.05. The van der Waals surface area contributed by atoms with Gasteiger partial charge in [-0.2, -0.15) is 0 Å². The summed E-state index contributed by atoms with van der Waals surface area (Å²) in [7, 11) is 0. The number of nitrogens with zero attached hydrogens (tertiary/aromatic N) is 2. The Morgan fingerprint density at radius 1 is 1.57 bits per heavy atom. The zero-order valence-electron chi connectivity index (χ0n) is 8.03. The van der Waals surface area contributed by atoms with Crippen LogP contribution in [0.2, 0.25) is 0 Å². The summed E-state index contributed by atoms with van der Waals surface area (Å²) in [6.45, 7) is 0.579. The summed E-state index contributed by atoms with van der Waals surface area (Å²) >= 11 is 0. The smallest absolute Gasteiger partial charge is 0.157 e. The van der Waals surface area contributed by atoms with Crippen LogP contribution in [-0.4, -0.2) is 14.6 Å². The van der Waals surface area contributed by atoms with Crippen molar-refractivity contribution in [3.05, 3.63) is 23.7 Å². The van der Waals surface area contributed by atoms with E-state index in [1.165, 1.54) is 30.5 Å². The van der Waals surface area contributed by atoms with Crippen molar-refractivity contribution in [1.82, 2.24) is 14.6 Å². The van der Waals surface area contributed by atoms with Gasteiger partial charge in [0.25, 0.3) is 0 Å². The Morgan fingerprint density at radius 2 is 2.43 bits per heavy atom. The van der Waals surface area contributed by atoms with Crippen molar-refractivity contribution < 1.29 is 0 Å². The molecule has 0 spiro atoms. The lowest BCUT2D eigenvalue weighted by Crippen LogP contribution is -2.12. The third-order valence-corrected chi connectivity index (χ3v) is 3.19. The fourth-order valence-electron chi connectivity index (χ4n) is 2.17. The van der Waals surface area contributed by atoms with E-state index in [1.54, 1.807) is 6.20 Å². The normalized spacial score (nSPS) is 17.5. The van der Waals surface area contributed by atoms with Crippen LogP contribution in [0.3, 0.4) is 0 Å². The number of aromatic amines is 1. The van der Waals surface area contributed by atoms with Gasteiger partial charge in [-0.05, 0) is 12.8 Å². The topological polar surface area (TPSA) is 59.1 Å². The molecule has 0 aliphatic heterocycles. The number of hydrogen-bond donors (Lipinski definition) is 2. The molecule has 3 N–H and O–H groups in total. The molecule has 0 unspecified atom stereocenters. The average Bonchev–Trinajstić information content (AvgIpc) is 2.60. The molecule has 4 heteroatoms. The Balaban J connectivity index is 2.16. The van der Waals surface area contributed by atoms with Crippen LogP contribution in [0, 0.1) is 0 Å². The van der Waals surface area contributed by atoms with E-state index in [1.807, 2.05) is 10.7 Å². The zero-order valence-corrected chi connectivity index (χ0v) is 8.03. The molecule has 0 aromatic carbocycles. The van der Waals surface area contributed by atoms with E-state index in [9.17, 15) is 0 Å². The van der Waals surface area contributed by atoms with Gasteiger partial charge in [0.05, 0.1) is 0 Å². The molecule has 0 saturated heterocycles. The molecular weight excluding hydrogens is 176 g/mol. The van der Waals surface area contributed by atoms with Gasteiger partial charge in [0.1, 0.15) is 0 Å². The van der Waals surface area contributed by atoms with Crippen LogP contribution < -0.4 is 5.73 Å². The molecule has 2 heterocycles. The Hall–Kier alpha value is -1.29. The molecule has 74 valence electrons. The van der Waals surface area contributed by atoms with E-state index >= 15 is 0 Å². The predicted molar refractivity (Wildman–Crippen MR) is 54.0 cm³/mol. The van der Waals surface area contributed by atoms with Gasteiger partial charge in [0, 0.05) is 36.1 Å². The summed E-state index contributed by atoms with van der Waals surface area (Å²) in [4.78, 5) is 4.30. The monoisotopic (exact) mass is 190 g/mol. The number of fused-ring (bicyclic) bond motifs is 1. The number of imidazole rings is 1. The lowest BCUT2D eigenvalue weighted by Gasteiger charge is -2.24. The molecule has 3 rings (SSSR count). The summed E-state index contributed by atoms with van der Waals surface area (Å²) in [5, 5.41) is 3.37. The second-order valence-electron chi connectivity index (χ2n) is 3.96. The fourth-order valence-corrected chi connectivity index (χ4v) is 2.17. The average molecular weight is 190 g/mol. The standard InChI is InChI=1S/C10H14N4/c11-6-8-9(7-2-1-3-7)13-14-5-4-12-10(8)14/h4-5,7,13H,1-3,6,11H2. The van der Waals surface area contributed by atoms with Crippen LogP contribution in [0.5, 0.6) is 0 Å². The molecule has 0 bridgehead atoms. The van der Waals surface area contributed by atoms with Gasteiger partial charge in [-0.25, -0.2) is 9.50 Å². The van der Waals surface area contributed by atoms with E-state index in [4.69, 9.17) is 5.73 Å². The maximum Gasteiger partial charge on any atom is 0.157 e. The van der Waals surface area contributed by atoms with E-state index in [2.05, 4.69) is 10.1 Å². The molecule has 0 amide bonds. The third-order valence-electron chi connectivity index (χ3n) is 3.19. The Bertz CT molecular complexity index is 450. The molecule has 1 saturated carbocycles. The van der Waals surface area contributed by atoms with Gasteiger partial charge in [0.15, 0.2) is 5.65 Å². The van der Waals surface area contributed by atoms with Crippen LogP contribution in [0.4, 0.5) is 0 Å². The van der Waals surface area contributed by atoms with Crippen LogP contribution in [0.1, 0.15) is 36.4 Å². The van der Waals surface area contributed by atoms with Gasteiger partial charge in [-0.15, -0.1) is 0 Å². The number of rotatable bonds is 2. The Kier molecular flexibility index (Phi) is 1.64. The van der Waals surface area contributed by atoms with Crippen molar-refractivity contribution in [2.45, 2.75) is 31.7 Å². The summed E-state index contributed by atoms with van der Waals surface area (Å²) in [5.74, 6) is 0.690. The molecule has 0 radical (unpaired) electrons. The number of nitrogens with two attached hydrogens (primary N) is 1. The first-order valence-electron chi connectivity index (χ1n) is 5.14. The van der Waals surface area contributed by atoms with E-state index in [0.29, 0.717) is 12.5 Å². The lowest BCUT2D eigenvalue weighted by molar-refractivity contribution is 0.407. The highest BCUT2D eigenvalue weighted by Crippen LogP contribution is 2.37. The highest BCUT2D eigenvalue weighted by atomic mass is 15.3. The number of nitrogens with one attached hydrogen (secondary N) is 1. The Labute approximate surface area is 82.1 Å². The molecule has 2 aromatic rings. The third kappa shape index (κ3) is 0.944. The van der Waals surface area contributed by atoms with Crippen LogP contribution in [0.25, 0.3) is 5.65 Å². The molecular formula is C10H14N4. The van der Waals surface area contributed by atoms with Crippen LogP contribution >= 0.6 is 0 Å². The Morgan fingerprint density at radius 3 is 3.07 bits per heavy atom. The molecule has 1 aliphatic rings. The summed E-state index contributed by atoms with van der Waals surface area (Å²) in [5.41, 5.74) is 9.26. The van der Waals surface area contributed by atoms with E-state index < -0.39 is 0 Å². The van der Waals surface area contributed by atoms with Gasteiger partial charge < -0.3 is 5.73 Å². The molecule has 1 aliphatic carbocycles. The maximum absolute atomic E-state index is 5.76. The highest BCUT2D eigenvalue weighted by molar-refractivity contribution is 5.51. The second kappa shape index (κ2) is 2.85. The minimum Gasteiger partial charge on any atom is -0.326 e. The molecule has 0 atom stereocenters.